The predicted molar refractivity (Wildman–Crippen MR) is 112 cm³/mol. The number of carbonyl (C=O) groups is 2. The molecule has 148 valence electrons. The van der Waals surface area contributed by atoms with E-state index in [2.05, 4.69) is 15.9 Å². The van der Waals surface area contributed by atoms with Crippen LogP contribution >= 0.6 is 15.9 Å². The van der Waals surface area contributed by atoms with Crippen LogP contribution in [-0.2, 0) is 16.1 Å². The lowest BCUT2D eigenvalue weighted by molar-refractivity contribution is -0.141. The normalized spacial score (nSPS) is 14.6. The van der Waals surface area contributed by atoms with E-state index in [1.807, 2.05) is 61.6 Å². The van der Waals surface area contributed by atoms with Crippen LogP contribution in [-0.4, -0.2) is 48.4 Å². The number of hydrogen-bond donors (Lipinski definition) is 0. The minimum absolute atomic E-state index is 0.0312. The number of nitrogens with zero attached hydrogens (tertiary/aromatic N) is 2. The zero-order valence-corrected chi connectivity index (χ0v) is 17.6. The summed E-state index contributed by atoms with van der Waals surface area (Å²) < 4.78 is 6.55. The fourth-order valence-corrected chi connectivity index (χ4v) is 3.81. The molecular weight excluding hydrogens is 420 g/mol. The number of rotatable bonds is 6. The Morgan fingerprint density at radius 2 is 1.71 bits per heavy atom. The Labute approximate surface area is 174 Å². The molecule has 2 aromatic carbocycles. The van der Waals surface area contributed by atoms with Gasteiger partial charge in [-0.05, 0) is 36.6 Å². The number of hydrogen-bond acceptors (Lipinski definition) is 3. The number of benzene rings is 2. The van der Waals surface area contributed by atoms with Crippen molar-refractivity contribution >= 4 is 27.7 Å². The van der Waals surface area contributed by atoms with Gasteiger partial charge in [0.25, 0.3) is 5.91 Å². The maximum atomic E-state index is 12.8. The van der Waals surface area contributed by atoms with Crippen molar-refractivity contribution in [2.75, 3.05) is 26.7 Å². The minimum Gasteiger partial charge on any atom is -0.484 e. The van der Waals surface area contributed by atoms with Gasteiger partial charge in [0.15, 0.2) is 6.61 Å². The standard InChI is InChI=1S/C22H25BrN2O3/c1-24(15-18-7-5-6-10-20(18)23)22(27)17-11-13-25(14-12-17)21(26)16-28-19-8-3-2-4-9-19/h2-10,17H,11-16H2,1H3. The Morgan fingerprint density at radius 3 is 2.39 bits per heavy atom. The van der Waals surface area contributed by atoms with Crippen LogP contribution in [0, 0.1) is 5.92 Å². The Hall–Kier alpha value is -2.34. The van der Waals surface area contributed by atoms with Crippen LogP contribution in [0.4, 0.5) is 0 Å². The number of ether oxygens (including phenoxy) is 1. The van der Waals surface area contributed by atoms with Crippen LogP contribution in [0.15, 0.2) is 59.1 Å². The summed E-state index contributed by atoms with van der Waals surface area (Å²) in [4.78, 5) is 28.7. The monoisotopic (exact) mass is 444 g/mol. The minimum atomic E-state index is -0.0356. The quantitative estimate of drug-likeness (QED) is 0.681. The van der Waals surface area contributed by atoms with Crippen molar-refractivity contribution in [3.8, 4) is 5.75 Å². The molecule has 0 unspecified atom stereocenters. The summed E-state index contributed by atoms with van der Waals surface area (Å²) >= 11 is 3.53. The van der Waals surface area contributed by atoms with Gasteiger partial charge in [0.2, 0.25) is 5.91 Å². The van der Waals surface area contributed by atoms with Gasteiger partial charge in [-0.1, -0.05) is 52.3 Å². The molecule has 0 radical (unpaired) electrons. The fraction of sp³-hybridized carbons (Fsp3) is 0.364. The maximum absolute atomic E-state index is 12.8. The van der Waals surface area contributed by atoms with E-state index < -0.39 is 0 Å². The number of para-hydroxylation sites is 1. The molecule has 0 aliphatic carbocycles. The molecule has 2 amide bonds. The van der Waals surface area contributed by atoms with Crippen LogP contribution in [0.3, 0.4) is 0 Å². The van der Waals surface area contributed by atoms with E-state index in [-0.39, 0.29) is 24.3 Å². The molecule has 28 heavy (non-hydrogen) atoms. The van der Waals surface area contributed by atoms with Crippen molar-refractivity contribution in [2.45, 2.75) is 19.4 Å². The average Bonchev–Trinajstić information content (AvgIpc) is 2.74. The number of piperidine rings is 1. The molecule has 0 bridgehead atoms. The van der Waals surface area contributed by atoms with Crippen LogP contribution in [0.25, 0.3) is 0 Å². The Balaban J connectivity index is 1.45. The molecule has 0 N–H and O–H groups in total. The number of likely N-dealkylation sites (tertiary alicyclic amines) is 1. The van der Waals surface area contributed by atoms with Gasteiger partial charge in [-0.15, -0.1) is 0 Å². The first-order valence-electron chi connectivity index (χ1n) is 9.48. The van der Waals surface area contributed by atoms with E-state index in [1.165, 1.54) is 0 Å². The molecule has 1 aliphatic heterocycles. The van der Waals surface area contributed by atoms with Crippen molar-refractivity contribution in [3.05, 3.63) is 64.6 Å². The second-order valence-electron chi connectivity index (χ2n) is 7.04. The zero-order chi connectivity index (χ0) is 19.9. The van der Waals surface area contributed by atoms with Crippen molar-refractivity contribution in [1.82, 2.24) is 9.80 Å². The molecule has 0 spiro atoms. The first kappa shape index (κ1) is 20.4. The van der Waals surface area contributed by atoms with Gasteiger partial charge in [-0.3, -0.25) is 9.59 Å². The lowest BCUT2D eigenvalue weighted by Crippen LogP contribution is -2.44. The van der Waals surface area contributed by atoms with E-state index in [9.17, 15) is 9.59 Å². The largest absolute Gasteiger partial charge is 0.484 e. The third-order valence-corrected chi connectivity index (χ3v) is 5.82. The van der Waals surface area contributed by atoms with Gasteiger partial charge in [0.1, 0.15) is 5.75 Å². The van der Waals surface area contributed by atoms with E-state index in [0.717, 1.165) is 10.0 Å². The highest BCUT2D eigenvalue weighted by Gasteiger charge is 2.29. The van der Waals surface area contributed by atoms with Crippen LogP contribution < -0.4 is 4.74 Å². The van der Waals surface area contributed by atoms with E-state index in [0.29, 0.717) is 38.2 Å². The second kappa shape index (κ2) is 9.73. The molecule has 1 saturated heterocycles. The van der Waals surface area contributed by atoms with Crippen molar-refractivity contribution in [3.63, 3.8) is 0 Å². The summed E-state index contributed by atoms with van der Waals surface area (Å²) in [6.45, 7) is 1.79. The fourth-order valence-electron chi connectivity index (χ4n) is 3.40. The molecule has 2 aromatic rings. The average molecular weight is 445 g/mol. The molecular formula is C22H25BrN2O3. The number of carbonyl (C=O) groups excluding carboxylic acids is 2. The SMILES string of the molecule is CN(Cc1ccccc1Br)C(=O)C1CCN(C(=O)COc2ccccc2)CC1. The molecule has 1 heterocycles. The molecule has 1 fully saturated rings. The van der Waals surface area contributed by atoms with Crippen molar-refractivity contribution in [2.24, 2.45) is 5.92 Å². The van der Waals surface area contributed by atoms with Gasteiger partial charge in [0, 0.05) is 37.1 Å². The molecule has 0 aromatic heterocycles. The zero-order valence-electron chi connectivity index (χ0n) is 16.0. The van der Waals surface area contributed by atoms with E-state index in [4.69, 9.17) is 4.74 Å². The summed E-state index contributed by atoms with van der Waals surface area (Å²) in [5, 5.41) is 0. The molecule has 3 rings (SSSR count). The molecule has 5 nitrogen and oxygen atoms in total. The lowest BCUT2D eigenvalue weighted by Gasteiger charge is -2.33. The van der Waals surface area contributed by atoms with Crippen molar-refractivity contribution in [1.29, 1.82) is 0 Å². The van der Waals surface area contributed by atoms with Gasteiger partial charge in [0.05, 0.1) is 0 Å². The highest BCUT2D eigenvalue weighted by molar-refractivity contribution is 9.10. The Bertz CT molecular complexity index is 804. The highest BCUT2D eigenvalue weighted by atomic mass is 79.9. The first-order chi connectivity index (χ1) is 13.5. The molecule has 0 saturated carbocycles. The maximum Gasteiger partial charge on any atom is 0.260 e. The van der Waals surface area contributed by atoms with Gasteiger partial charge in [-0.2, -0.15) is 0 Å². The van der Waals surface area contributed by atoms with Gasteiger partial charge < -0.3 is 14.5 Å². The number of amides is 2. The second-order valence-corrected chi connectivity index (χ2v) is 7.90. The topological polar surface area (TPSA) is 49.9 Å². The summed E-state index contributed by atoms with van der Waals surface area (Å²) in [5.74, 6) is 0.765. The van der Waals surface area contributed by atoms with Gasteiger partial charge in [-0.25, -0.2) is 0 Å². The summed E-state index contributed by atoms with van der Waals surface area (Å²) in [6.07, 6.45) is 1.38. The Kier molecular flexibility index (Phi) is 7.09. The summed E-state index contributed by atoms with van der Waals surface area (Å²) in [6, 6.07) is 17.3. The molecule has 1 aliphatic rings. The lowest BCUT2D eigenvalue weighted by atomic mass is 9.95. The van der Waals surface area contributed by atoms with Crippen LogP contribution in [0.5, 0.6) is 5.75 Å². The summed E-state index contributed by atoms with van der Waals surface area (Å²) in [7, 11) is 1.84. The van der Waals surface area contributed by atoms with Crippen molar-refractivity contribution < 1.29 is 14.3 Å². The van der Waals surface area contributed by atoms with E-state index >= 15 is 0 Å². The first-order valence-corrected chi connectivity index (χ1v) is 10.3. The van der Waals surface area contributed by atoms with Crippen LogP contribution in [0.1, 0.15) is 18.4 Å². The Morgan fingerprint density at radius 1 is 1.07 bits per heavy atom. The van der Waals surface area contributed by atoms with E-state index in [1.54, 1.807) is 9.80 Å². The highest BCUT2D eigenvalue weighted by Crippen LogP contribution is 2.22. The predicted octanol–water partition coefficient (Wildman–Crippen LogP) is 3.73. The third-order valence-electron chi connectivity index (χ3n) is 5.04. The third kappa shape index (κ3) is 5.35. The number of halogens is 1. The molecule has 6 heteroatoms. The van der Waals surface area contributed by atoms with Crippen LogP contribution in [0.2, 0.25) is 0 Å². The smallest absolute Gasteiger partial charge is 0.260 e. The van der Waals surface area contributed by atoms with Gasteiger partial charge >= 0.3 is 0 Å². The molecule has 0 atom stereocenters. The summed E-state index contributed by atoms with van der Waals surface area (Å²) in [5.41, 5.74) is 1.09.